The van der Waals surface area contributed by atoms with E-state index in [2.05, 4.69) is 21.9 Å². The molecule has 1 fully saturated rings. The number of piperidine rings is 1. The maximum absolute atomic E-state index is 12.0. The van der Waals surface area contributed by atoms with Gasteiger partial charge >= 0.3 is 0 Å². The van der Waals surface area contributed by atoms with Crippen LogP contribution in [0, 0.1) is 5.41 Å². The molecule has 4 N–H and O–H groups in total. The summed E-state index contributed by atoms with van der Waals surface area (Å²) in [6.45, 7) is 4.81. The Labute approximate surface area is 192 Å². The van der Waals surface area contributed by atoms with Crippen LogP contribution < -0.4 is 15.8 Å². The lowest BCUT2D eigenvalue weighted by Gasteiger charge is -2.33. The first-order valence-electron chi connectivity index (χ1n) is 10.8. The van der Waals surface area contributed by atoms with Gasteiger partial charge in [0.05, 0.1) is 11.3 Å². The third-order valence-electron chi connectivity index (χ3n) is 5.50. The zero-order valence-corrected chi connectivity index (χ0v) is 18.2. The molecule has 8 nitrogen and oxygen atoms in total. The minimum absolute atomic E-state index is 0.00912. The maximum atomic E-state index is 12.0. The van der Waals surface area contributed by atoms with Crippen LogP contribution in [0.15, 0.2) is 73.6 Å². The summed E-state index contributed by atoms with van der Waals surface area (Å²) >= 11 is 0. The van der Waals surface area contributed by atoms with Gasteiger partial charge in [-0.05, 0) is 55.3 Å². The highest BCUT2D eigenvalue weighted by molar-refractivity contribution is 6.16. The highest BCUT2D eigenvalue weighted by Gasteiger charge is 2.25. The van der Waals surface area contributed by atoms with Gasteiger partial charge in [0.15, 0.2) is 0 Å². The van der Waals surface area contributed by atoms with Crippen molar-refractivity contribution in [2.75, 3.05) is 24.1 Å². The Morgan fingerprint density at radius 3 is 2.61 bits per heavy atom. The number of nitrogens with one attached hydrogen (secondary N) is 2. The molecule has 4 rings (SSSR count). The van der Waals surface area contributed by atoms with Crippen molar-refractivity contribution >= 4 is 23.3 Å². The van der Waals surface area contributed by atoms with E-state index in [0.717, 1.165) is 18.6 Å². The Balaban J connectivity index is 1.52. The average molecular weight is 443 g/mol. The number of nitrogens with zero attached hydrogens (tertiary/aromatic N) is 3. The zero-order valence-electron chi connectivity index (χ0n) is 18.2. The van der Waals surface area contributed by atoms with Gasteiger partial charge in [-0.3, -0.25) is 10.2 Å². The Hall–Kier alpha value is -4.20. The number of likely N-dealkylation sites (tertiary alicyclic amines) is 1. The van der Waals surface area contributed by atoms with Crippen LogP contribution in [0.4, 0.5) is 11.6 Å². The number of carbonyl (C=O) groups is 1. The predicted octanol–water partition coefficient (Wildman–Crippen LogP) is 3.86. The number of hydrogen-bond donors (Lipinski definition) is 3. The van der Waals surface area contributed by atoms with Crippen LogP contribution in [0.25, 0.3) is 0 Å². The third-order valence-corrected chi connectivity index (χ3v) is 5.50. The second-order valence-corrected chi connectivity index (χ2v) is 7.77. The highest BCUT2D eigenvalue weighted by Crippen LogP contribution is 2.26. The molecule has 1 saturated heterocycles. The molecule has 0 aliphatic carbocycles. The van der Waals surface area contributed by atoms with Crippen molar-refractivity contribution in [3.05, 3.63) is 84.7 Å². The van der Waals surface area contributed by atoms with E-state index in [9.17, 15) is 4.79 Å². The molecular weight excluding hydrogens is 416 g/mol. The number of amides is 1. The fourth-order valence-corrected chi connectivity index (χ4v) is 3.83. The van der Waals surface area contributed by atoms with Crippen molar-refractivity contribution in [2.45, 2.75) is 18.9 Å². The molecule has 0 radical (unpaired) electrons. The lowest BCUT2D eigenvalue weighted by atomic mass is 10.0. The molecule has 2 heterocycles. The Morgan fingerprint density at radius 2 is 1.88 bits per heavy atom. The second-order valence-electron chi connectivity index (χ2n) is 7.77. The number of rotatable bonds is 7. The van der Waals surface area contributed by atoms with Gasteiger partial charge in [-0.25, -0.2) is 9.97 Å². The molecule has 3 aromatic rings. The SMILES string of the molecule is C=CC(=O)N1CCC[C@@H](Nc2ncnc(N)c2C(=N)c2ccc(Oc3ccccc3)cc2)C1. The normalized spacial score (nSPS) is 15.5. The van der Waals surface area contributed by atoms with Gasteiger partial charge in [0, 0.05) is 24.7 Å². The maximum Gasteiger partial charge on any atom is 0.246 e. The van der Waals surface area contributed by atoms with Crippen LogP contribution in [0.2, 0.25) is 0 Å². The fraction of sp³-hybridized carbons (Fsp3) is 0.200. The minimum atomic E-state index is -0.0884. The number of benzene rings is 2. The van der Waals surface area contributed by atoms with Crippen molar-refractivity contribution in [3.8, 4) is 11.5 Å². The molecule has 8 heteroatoms. The first-order valence-corrected chi connectivity index (χ1v) is 10.8. The van der Waals surface area contributed by atoms with Crippen molar-refractivity contribution in [2.24, 2.45) is 0 Å². The summed E-state index contributed by atoms with van der Waals surface area (Å²) in [5.74, 6) is 2.02. The van der Waals surface area contributed by atoms with E-state index >= 15 is 0 Å². The van der Waals surface area contributed by atoms with Gasteiger partial charge in [0.2, 0.25) is 5.91 Å². The smallest absolute Gasteiger partial charge is 0.246 e. The first-order chi connectivity index (χ1) is 16.0. The number of aromatic nitrogens is 2. The predicted molar refractivity (Wildman–Crippen MR) is 129 cm³/mol. The van der Waals surface area contributed by atoms with E-state index in [-0.39, 0.29) is 23.5 Å². The Morgan fingerprint density at radius 1 is 1.15 bits per heavy atom. The van der Waals surface area contributed by atoms with Crippen molar-refractivity contribution in [3.63, 3.8) is 0 Å². The molecule has 2 aromatic carbocycles. The molecule has 33 heavy (non-hydrogen) atoms. The summed E-state index contributed by atoms with van der Waals surface area (Å²) in [5, 5.41) is 12.1. The standard InChI is InChI=1S/C25H26N6O2/c1-2-21(32)31-14-6-7-18(15-31)30-25-22(24(27)28-16-29-25)23(26)17-10-12-20(13-11-17)33-19-8-4-3-5-9-19/h2-5,8-13,16,18,26H,1,6-7,14-15H2,(H3,27,28,29,30)/t18-/m1/s1. The quantitative estimate of drug-likeness (QED) is 0.378. The number of nitrogen functional groups attached to an aromatic ring is 1. The highest BCUT2D eigenvalue weighted by atomic mass is 16.5. The van der Waals surface area contributed by atoms with Crippen LogP contribution >= 0.6 is 0 Å². The zero-order chi connectivity index (χ0) is 23.2. The average Bonchev–Trinajstić information content (AvgIpc) is 2.84. The molecule has 1 aliphatic heterocycles. The molecule has 1 atom stereocenters. The van der Waals surface area contributed by atoms with Gasteiger partial charge in [0.25, 0.3) is 0 Å². The molecule has 0 unspecified atom stereocenters. The van der Waals surface area contributed by atoms with Crippen LogP contribution in [-0.4, -0.2) is 45.6 Å². The second kappa shape index (κ2) is 9.95. The first kappa shape index (κ1) is 22.0. The van der Waals surface area contributed by atoms with Gasteiger partial charge < -0.3 is 20.7 Å². The van der Waals surface area contributed by atoms with Gasteiger partial charge in [-0.1, -0.05) is 24.8 Å². The van der Waals surface area contributed by atoms with Crippen LogP contribution in [0.5, 0.6) is 11.5 Å². The fourth-order valence-electron chi connectivity index (χ4n) is 3.83. The van der Waals surface area contributed by atoms with Crippen LogP contribution in [0.1, 0.15) is 24.0 Å². The summed E-state index contributed by atoms with van der Waals surface area (Å²) in [4.78, 5) is 22.2. The largest absolute Gasteiger partial charge is 0.457 e. The summed E-state index contributed by atoms with van der Waals surface area (Å²) in [7, 11) is 0. The summed E-state index contributed by atoms with van der Waals surface area (Å²) in [5.41, 5.74) is 7.46. The Bertz CT molecular complexity index is 1150. The number of para-hydroxylation sites is 1. The topological polar surface area (TPSA) is 117 Å². The summed E-state index contributed by atoms with van der Waals surface area (Å²) in [6, 6.07) is 16.7. The van der Waals surface area contributed by atoms with Crippen molar-refractivity contribution in [1.82, 2.24) is 14.9 Å². The number of anilines is 2. The van der Waals surface area contributed by atoms with E-state index in [1.165, 1.54) is 12.4 Å². The summed E-state index contributed by atoms with van der Waals surface area (Å²) in [6.07, 6.45) is 4.45. The number of ether oxygens (including phenoxy) is 1. The van der Waals surface area contributed by atoms with Crippen molar-refractivity contribution < 1.29 is 9.53 Å². The molecule has 0 spiro atoms. The van der Waals surface area contributed by atoms with Gasteiger partial charge in [0.1, 0.15) is 29.5 Å². The Kier molecular flexibility index (Phi) is 6.64. The number of hydrogen-bond acceptors (Lipinski definition) is 7. The molecule has 168 valence electrons. The van der Waals surface area contributed by atoms with E-state index in [1.54, 1.807) is 4.90 Å². The molecular formula is C25H26N6O2. The van der Waals surface area contributed by atoms with Crippen LogP contribution in [-0.2, 0) is 4.79 Å². The lowest BCUT2D eigenvalue weighted by molar-refractivity contribution is -0.127. The molecule has 0 bridgehead atoms. The lowest BCUT2D eigenvalue weighted by Crippen LogP contribution is -2.44. The molecule has 0 saturated carbocycles. The molecule has 1 amide bonds. The van der Waals surface area contributed by atoms with E-state index in [4.69, 9.17) is 15.9 Å². The monoisotopic (exact) mass is 442 g/mol. The third kappa shape index (κ3) is 5.17. The van der Waals surface area contributed by atoms with Crippen LogP contribution in [0.3, 0.4) is 0 Å². The van der Waals surface area contributed by atoms with E-state index < -0.39 is 0 Å². The number of carbonyl (C=O) groups excluding carboxylic acids is 1. The van der Waals surface area contributed by atoms with Gasteiger partial charge in [-0.15, -0.1) is 0 Å². The molecule has 1 aliphatic rings. The molecule has 1 aromatic heterocycles. The van der Waals surface area contributed by atoms with E-state index in [0.29, 0.717) is 35.8 Å². The summed E-state index contributed by atoms with van der Waals surface area (Å²) < 4.78 is 5.83. The number of nitrogens with two attached hydrogens (primary N) is 1. The minimum Gasteiger partial charge on any atom is -0.457 e. The van der Waals surface area contributed by atoms with Gasteiger partial charge in [-0.2, -0.15) is 0 Å². The van der Waals surface area contributed by atoms with Crippen molar-refractivity contribution in [1.29, 1.82) is 5.41 Å². The van der Waals surface area contributed by atoms with E-state index in [1.807, 2.05) is 54.6 Å².